The Morgan fingerprint density at radius 2 is 0.771 bits per heavy atom. The van der Waals surface area contributed by atoms with Gasteiger partial charge in [0.2, 0.25) is 0 Å². The van der Waals surface area contributed by atoms with Crippen molar-refractivity contribution < 1.29 is 30.6 Å². The Hall–Kier alpha value is -4.72. The number of benzene rings is 4. The number of aromatic hydroxyl groups is 6. The van der Waals surface area contributed by atoms with E-state index < -0.39 is 34.5 Å². The maximum atomic E-state index is 9.78. The first-order valence-corrected chi connectivity index (χ1v) is 10.8. The predicted molar refractivity (Wildman–Crippen MR) is 133 cm³/mol. The van der Waals surface area contributed by atoms with Gasteiger partial charge in [0.15, 0.2) is 34.5 Å². The highest BCUT2D eigenvalue weighted by Crippen LogP contribution is 2.37. The fraction of sp³-hybridized carbons (Fsp3) is 0.111. The van der Waals surface area contributed by atoms with Gasteiger partial charge in [-0.15, -0.1) is 0 Å². The van der Waals surface area contributed by atoms with Gasteiger partial charge in [-0.3, -0.25) is 0 Å². The highest BCUT2D eigenvalue weighted by molar-refractivity contribution is 5.57. The Morgan fingerprint density at radius 1 is 0.429 bits per heavy atom. The van der Waals surface area contributed by atoms with E-state index in [4.69, 9.17) is 11.5 Å². The summed E-state index contributed by atoms with van der Waals surface area (Å²) in [7, 11) is 0. The fourth-order valence-corrected chi connectivity index (χ4v) is 4.05. The third-order valence-corrected chi connectivity index (χ3v) is 5.87. The minimum Gasteiger partial charge on any atom is -0.504 e. The Balaban J connectivity index is 1.57. The third-order valence-electron chi connectivity index (χ3n) is 5.87. The van der Waals surface area contributed by atoms with Crippen molar-refractivity contribution in [1.29, 1.82) is 0 Å². The van der Waals surface area contributed by atoms with E-state index in [1.54, 1.807) is 12.1 Å². The summed E-state index contributed by atoms with van der Waals surface area (Å²) in [5.41, 5.74) is 18.2. The molecule has 0 bridgehead atoms. The lowest BCUT2D eigenvalue weighted by Crippen LogP contribution is -2.00. The Bertz CT molecular complexity index is 1260. The second kappa shape index (κ2) is 9.26. The van der Waals surface area contributed by atoms with Crippen molar-refractivity contribution in [1.82, 2.24) is 0 Å². The van der Waals surface area contributed by atoms with Crippen LogP contribution in [0.5, 0.6) is 34.5 Å². The number of nitrogens with two attached hydrogens (primary N) is 2. The molecule has 0 aliphatic heterocycles. The first kappa shape index (κ1) is 23.4. The predicted octanol–water partition coefficient (Wildman–Crippen LogP) is 3.86. The van der Waals surface area contributed by atoms with Gasteiger partial charge in [0.1, 0.15) is 0 Å². The summed E-state index contributed by atoms with van der Waals surface area (Å²) in [4.78, 5) is 0. The van der Waals surface area contributed by atoms with Crippen LogP contribution >= 0.6 is 0 Å². The average molecular weight is 475 g/mol. The van der Waals surface area contributed by atoms with E-state index in [-0.39, 0.29) is 0 Å². The maximum Gasteiger partial charge on any atom is 0.200 e. The topological polar surface area (TPSA) is 173 Å². The lowest BCUT2D eigenvalue weighted by atomic mass is 9.95. The minimum atomic E-state index is -0.563. The molecule has 4 aromatic rings. The molecule has 0 unspecified atom stereocenters. The minimum absolute atomic E-state index is 0.349. The molecule has 0 aliphatic carbocycles. The zero-order valence-electron chi connectivity index (χ0n) is 18.7. The van der Waals surface area contributed by atoms with Crippen molar-refractivity contribution in [3.63, 3.8) is 0 Å². The van der Waals surface area contributed by atoms with Gasteiger partial charge in [-0.1, -0.05) is 24.3 Å². The molecule has 0 atom stereocenters. The van der Waals surface area contributed by atoms with Crippen LogP contribution in [0.3, 0.4) is 0 Å². The first-order valence-electron chi connectivity index (χ1n) is 10.8. The van der Waals surface area contributed by atoms with Crippen LogP contribution in [0.1, 0.15) is 33.4 Å². The molecule has 4 rings (SSSR count). The zero-order chi connectivity index (χ0) is 25.3. The van der Waals surface area contributed by atoms with E-state index in [9.17, 15) is 30.6 Å². The molecule has 0 radical (unpaired) electrons. The standard InChI is InChI=1S/C27H26N2O6/c28-20-3-1-14(6-18(20)8-16-10-22(30)26(34)23(31)11-16)5-15-2-4-21(29)19(7-15)9-17-12-24(32)27(35)25(33)13-17/h1-4,6-7,10-13,30-35H,5,8-9,28-29H2. The summed E-state index contributed by atoms with van der Waals surface area (Å²) in [6.45, 7) is 0. The summed E-state index contributed by atoms with van der Waals surface area (Å²) in [6, 6.07) is 16.8. The van der Waals surface area contributed by atoms with Gasteiger partial charge in [-0.2, -0.15) is 0 Å². The first-order chi connectivity index (χ1) is 16.6. The number of hydrogen-bond acceptors (Lipinski definition) is 8. The summed E-state index contributed by atoms with van der Waals surface area (Å²) in [5, 5.41) is 58.3. The number of phenolic OH excluding ortho intramolecular Hbond substituents is 6. The second-order valence-electron chi connectivity index (χ2n) is 8.56. The molecule has 0 heterocycles. The quantitative estimate of drug-likeness (QED) is 0.154. The van der Waals surface area contributed by atoms with Crippen LogP contribution in [-0.2, 0) is 19.3 Å². The second-order valence-corrected chi connectivity index (χ2v) is 8.56. The van der Waals surface area contributed by atoms with E-state index in [0.29, 0.717) is 41.8 Å². The van der Waals surface area contributed by atoms with Crippen molar-refractivity contribution in [3.8, 4) is 34.5 Å². The van der Waals surface area contributed by atoms with Crippen molar-refractivity contribution in [2.75, 3.05) is 11.5 Å². The van der Waals surface area contributed by atoms with Gasteiger partial charge < -0.3 is 42.1 Å². The van der Waals surface area contributed by atoms with Gasteiger partial charge in [-0.05, 0) is 89.0 Å². The van der Waals surface area contributed by atoms with Crippen LogP contribution in [0.15, 0.2) is 60.7 Å². The highest BCUT2D eigenvalue weighted by Gasteiger charge is 2.12. The molecule has 0 fully saturated rings. The van der Waals surface area contributed by atoms with Crippen LogP contribution in [0.25, 0.3) is 0 Å². The molecule has 8 heteroatoms. The van der Waals surface area contributed by atoms with Gasteiger partial charge in [0.25, 0.3) is 0 Å². The van der Waals surface area contributed by atoms with E-state index in [2.05, 4.69) is 0 Å². The van der Waals surface area contributed by atoms with E-state index in [1.807, 2.05) is 24.3 Å². The smallest absolute Gasteiger partial charge is 0.200 e. The van der Waals surface area contributed by atoms with E-state index in [1.165, 1.54) is 24.3 Å². The molecule has 0 saturated heterocycles. The molecule has 0 amide bonds. The van der Waals surface area contributed by atoms with Gasteiger partial charge >= 0.3 is 0 Å². The molecule has 0 spiro atoms. The molecule has 0 aliphatic rings. The summed E-state index contributed by atoms with van der Waals surface area (Å²) < 4.78 is 0. The summed E-state index contributed by atoms with van der Waals surface area (Å²) >= 11 is 0. The van der Waals surface area contributed by atoms with Gasteiger partial charge in [-0.25, -0.2) is 0 Å². The molecule has 180 valence electrons. The summed E-state index contributed by atoms with van der Waals surface area (Å²) in [5.74, 6) is -2.74. The Morgan fingerprint density at radius 3 is 1.11 bits per heavy atom. The lowest BCUT2D eigenvalue weighted by Gasteiger charge is -2.13. The number of anilines is 2. The molecule has 0 aromatic heterocycles. The highest BCUT2D eigenvalue weighted by atomic mass is 16.3. The number of nitrogen functional groups attached to an aromatic ring is 2. The fourth-order valence-electron chi connectivity index (χ4n) is 4.05. The molecular formula is C27H26N2O6. The van der Waals surface area contributed by atoms with Gasteiger partial charge in [0, 0.05) is 11.4 Å². The zero-order valence-corrected chi connectivity index (χ0v) is 18.7. The van der Waals surface area contributed by atoms with E-state index in [0.717, 1.165) is 22.3 Å². The van der Waals surface area contributed by atoms with Crippen LogP contribution in [0, 0.1) is 0 Å². The normalized spacial score (nSPS) is 11.0. The van der Waals surface area contributed by atoms with E-state index >= 15 is 0 Å². The SMILES string of the molecule is Nc1ccc(Cc2ccc(N)c(Cc3cc(O)c(O)c(O)c3)c2)cc1Cc1cc(O)c(O)c(O)c1. The van der Waals surface area contributed by atoms with Crippen molar-refractivity contribution in [2.24, 2.45) is 0 Å². The molecule has 35 heavy (non-hydrogen) atoms. The van der Waals surface area contributed by atoms with Crippen LogP contribution < -0.4 is 11.5 Å². The number of rotatable bonds is 6. The van der Waals surface area contributed by atoms with Crippen molar-refractivity contribution in [3.05, 3.63) is 94.0 Å². The maximum absolute atomic E-state index is 9.78. The van der Waals surface area contributed by atoms with Crippen LogP contribution in [0.4, 0.5) is 11.4 Å². The van der Waals surface area contributed by atoms with Gasteiger partial charge in [0.05, 0.1) is 0 Å². The largest absolute Gasteiger partial charge is 0.504 e. The average Bonchev–Trinajstić information content (AvgIpc) is 2.80. The monoisotopic (exact) mass is 474 g/mol. The third kappa shape index (κ3) is 5.11. The lowest BCUT2D eigenvalue weighted by molar-refractivity contribution is 0.367. The van der Waals surface area contributed by atoms with Crippen molar-refractivity contribution in [2.45, 2.75) is 19.3 Å². The molecule has 8 nitrogen and oxygen atoms in total. The van der Waals surface area contributed by atoms with Crippen LogP contribution in [-0.4, -0.2) is 30.6 Å². The molecule has 10 N–H and O–H groups in total. The molecule has 4 aromatic carbocycles. The number of phenols is 6. The Kier molecular flexibility index (Phi) is 6.20. The van der Waals surface area contributed by atoms with Crippen LogP contribution in [0.2, 0.25) is 0 Å². The van der Waals surface area contributed by atoms with Crippen molar-refractivity contribution >= 4 is 11.4 Å². The summed E-state index contributed by atoms with van der Waals surface area (Å²) in [6.07, 6.45) is 1.28. The Labute approximate surface area is 201 Å². The molecule has 0 saturated carbocycles. The molecular weight excluding hydrogens is 448 g/mol. The number of hydrogen-bond donors (Lipinski definition) is 8.